The van der Waals surface area contributed by atoms with Gasteiger partial charge < -0.3 is 9.47 Å². The number of piperidine rings is 1. The summed E-state index contributed by atoms with van der Waals surface area (Å²) in [6, 6.07) is 8.20. The number of anilines is 1. The largest absolute Gasteiger partial charge is 0.356 e. The topological polar surface area (TPSA) is 46.8 Å². The molecule has 1 aliphatic heterocycles. The summed E-state index contributed by atoms with van der Waals surface area (Å²) in [6.45, 7) is 3.97. The molecule has 0 radical (unpaired) electrons. The molecule has 0 aliphatic carbocycles. The van der Waals surface area contributed by atoms with Crippen LogP contribution < -0.4 is 4.90 Å². The van der Waals surface area contributed by atoms with Gasteiger partial charge in [-0.3, -0.25) is 0 Å². The highest BCUT2D eigenvalue weighted by molar-refractivity contribution is 6.32. The van der Waals surface area contributed by atoms with E-state index < -0.39 is 0 Å². The van der Waals surface area contributed by atoms with Crippen LogP contribution in [-0.2, 0) is 7.05 Å². The van der Waals surface area contributed by atoms with Crippen LogP contribution in [0.5, 0.6) is 0 Å². The van der Waals surface area contributed by atoms with E-state index in [1.807, 2.05) is 30.7 Å². The third kappa shape index (κ3) is 2.63. The molecular formula is C18H20ClN5. The van der Waals surface area contributed by atoms with Crippen LogP contribution in [0.15, 0.2) is 30.6 Å². The third-order valence-corrected chi connectivity index (χ3v) is 5.30. The lowest BCUT2D eigenvalue weighted by Crippen LogP contribution is -2.35. The van der Waals surface area contributed by atoms with Crippen LogP contribution in [0.4, 0.5) is 5.82 Å². The van der Waals surface area contributed by atoms with Crippen molar-refractivity contribution in [1.82, 2.24) is 19.7 Å². The van der Waals surface area contributed by atoms with E-state index >= 15 is 0 Å². The van der Waals surface area contributed by atoms with Crippen LogP contribution in [0.3, 0.4) is 0 Å². The fourth-order valence-corrected chi connectivity index (χ4v) is 3.68. The number of aromatic nitrogens is 4. The number of aryl methyl sites for hydroxylation is 2. The molecule has 24 heavy (non-hydrogen) atoms. The lowest BCUT2D eigenvalue weighted by molar-refractivity contribution is 0.478. The predicted octanol–water partition coefficient (Wildman–Crippen LogP) is 3.71. The second-order valence-electron chi connectivity index (χ2n) is 6.50. The number of pyridine rings is 1. The average molecular weight is 342 g/mol. The van der Waals surface area contributed by atoms with Gasteiger partial charge in [-0.05, 0) is 43.5 Å². The normalized spacial score (nSPS) is 18.3. The number of benzene rings is 1. The zero-order valence-corrected chi connectivity index (χ0v) is 14.7. The van der Waals surface area contributed by atoms with Gasteiger partial charge in [0.25, 0.3) is 0 Å². The molecule has 3 heterocycles. The maximum atomic E-state index is 6.26. The lowest BCUT2D eigenvalue weighted by atomic mass is 9.97. The number of hydrogen-bond acceptors (Lipinski definition) is 4. The van der Waals surface area contributed by atoms with E-state index in [1.165, 1.54) is 0 Å². The van der Waals surface area contributed by atoms with Crippen LogP contribution in [0.1, 0.15) is 30.1 Å². The van der Waals surface area contributed by atoms with Crippen molar-refractivity contribution in [2.45, 2.75) is 25.7 Å². The monoisotopic (exact) mass is 341 g/mol. The number of rotatable bonds is 2. The SMILES string of the molecule is Cc1c(Cl)ccc2ccc(N3CCCC(c4nncn4C)C3)nc12. The fraction of sp³-hybridized carbons (Fsp3) is 0.389. The number of hydrogen-bond donors (Lipinski definition) is 0. The van der Waals surface area contributed by atoms with Crippen molar-refractivity contribution in [1.29, 1.82) is 0 Å². The van der Waals surface area contributed by atoms with Crippen molar-refractivity contribution in [3.05, 3.63) is 47.0 Å². The minimum atomic E-state index is 0.393. The Morgan fingerprint density at radius 3 is 2.83 bits per heavy atom. The summed E-state index contributed by atoms with van der Waals surface area (Å²) in [4.78, 5) is 7.25. The summed E-state index contributed by atoms with van der Waals surface area (Å²) in [5, 5.41) is 10.2. The summed E-state index contributed by atoms with van der Waals surface area (Å²) in [7, 11) is 2.01. The molecule has 1 saturated heterocycles. The van der Waals surface area contributed by atoms with Gasteiger partial charge in [0.15, 0.2) is 0 Å². The Morgan fingerprint density at radius 2 is 2.04 bits per heavy atom. The van der Waals surface area contributed by atoms with Gasteiger partial charge in [-0.15, -0.1) is 10.2 Å². The minimum Gasteiger partial charge on any atom is -0.356 e. The molecule has 1 aliphatic rings. The Balaban J connectivity index is 1.67. The van der Waals surface area contributed by atoms with Crippen molar-refractivity contribution in [2.75, 3.05) is 18.0 Å². The summed E-state index contributed by atoms with van der Waals surface area (Å²) in [5.74, 6) is 2.46. The van der Waals surface area contributed by atoms with Gasteiger partial charge in [-0.2, -0.15) is 0 Å². The van der Waals surface area contributed by atoms with Crippen LogP contribution >= 0.6 is 11.6 Å². The summed E-state index contributed by atoms with van der Waals surface area (Å²) in [5.41, 5.74) is 2.03. The molecule has 1 fully saturated rings. The van der Waals surface area contributed by atoms with E-state index in [0.29, 0.717) is 5.92 Å². The fourth-order valence-electron chi connectivity index (χ4n) is 3.53. The van der Waals surface area contributed by atoms with Crippen molar-refractivity contribution in [3.8, 4) is 0 Å². The smallest absolute Gasteiger partial charge is 0.137 e. The molecule has 0 bridgehead atoms. The van der Waals surface area contributed by atoms with Gasteiger partial charge in [-0.25, -0.2) is 4.98 Å². The Morgan fingerprint density at radius 1 is 1.21 bits per heavy atom. The van der Waals surface area contributed by atoms with E-state index in [1.54, 1.807) is 6.33 Å². The molecule has 4 rings (SSSR count). The lowest BCUT2D eigenvalue weighted by Gasteiger charge is -2.33. The molecule has 0 spiro atoms. The Labute approximate surface area is 146 Å². The van der Waals surface area contributed by atoms with Gasteiger partial charge in [-0.1, -0.05) is 17.7 Å². The molecule has 124 valence electrons. The predicted molar refractivity (Wildman–Crippen MR) is 96.7 cm³/mol. The van der Waals surface area contributed by atoms with E-state index in [4.69, 9.17) is 16.6 Å². The van der Waals surface area contributed by atoms with Gasteiger partial charge in [0.2, 0.25) is 0 Å². The maximum absolute atomic E-state index is 6.26. The highest BCUT2D eigenvalue weighted by atomic mass is 35.5. The summed E-state index contributed by atoms with van der Waals surface area (Å²) < 4.78 is 2.02. The molecule has 0 N–H and O–H groups in total. The zero-order chi connectivity index (χ0) is 16.7. The van der Waals surface area contributed by atoms with E-state index in [-0.39, 0.29) is 0 Å². The van der Waals surface area contributed by atoms with Gasteiger partial charge in [0.05, 0.1) is 5.52 Å². The average Bonchev–Trinajstić information content (AvgIpc) is 3.04. The molecule has 1 aromatic carbocycles. The van der Waals surface area contributed by atoms with E-state index in [2.05, 4.69) is 27.2 Å². The number of nitrogens with zero attached hydrogens (tertiary/aromatic N) is 5. The zero-order valence-electron chi connectivity index (χ0n) is 13.9. The van der Waals surface area contributed by atoms with Crippen molar-refractivity contribution in [3.63, 3.8) is 0 Å². The minimum absolute atomic E-state index is 0.393. The van der Waals surface area contributed by atoms with Crippen LogP contribution in [-0.4, -0.2) is 32.8 Å². The first kappa shape index (κ1) is 15.4. The number of halogens is 1. The van der Waals surface area contributed by atoms with Crippen molar-refractivity contribution >= 4 is 28.3 Å². The molecule has 3 aromatic rings. The van der Waals surface area contributed by atoms with Gasteiger partial charge >= 0.3 is 0 Å². The van der Waals surface area contributed by atoms with Gasteiger partial charge in [0.1, 0.15) is 18.0 Å². The first-order chi connectivity index (χ1) is 11.6. The number of fused-ring (bicyclic) bond motifs is 1. The second-order valence-corrected chi connectivity index (χ2v) is 6.91. The summed E-state index contributed by atoms with van der Waals surface area (Å²) >= 11 is 6.26. The second kappa shape index (κ2) is 6.06. The van der Waals surface area contributed by atoms with E-state index in [0.717, 1.165) is 59.1 Å². The maximum Gasteiger partial charge on any atom is 0.137 e. The van der Waals surface area contributed by atoms with Crippen LogP contribution in [0.25, 0.3) is 10.9 Å². The Hall–Kier alpha value is -2.14. The third-order valence-electron chi connectivity index (χ3n) is 4.89. The molecule has 6 heteroatoms. The molecule has 0 amide bonds. The van der Waals surface area contributed by atoms with Crippen molar-refractivity contribution < 1.29 is 0 Å². The molecule has 1 unspecified atom stereocenters. The van der Waals surface area contributed by atoms with E-state index in [9.17, 15) is 0 Å². The molecule has 2 aromatic heterocycles. The summed E-state index contributed by atoms with van der Waals surface area (Å²) in [6.07, 6.45) is 4.04. The highest BCUT2D eigenvalue weighted by Crippen LogP contribution is 2.30. The molecule has 5 nitrogen and oxygen atoms in total. The van der Waals surface area contributed by atoms with Crippen molar-refractivity contribution in [2.24, 2.45) is 7.05 Å². The highest BCUT2D eigenvalue weighted by Gasteiger charge is 2.25. The molecule has 1 atom stereocenters. The molecule has 0 saturated carbocycles. The van der Waals surface area contributed by atoms with Crippen LogP contribution in [0.2, 0.25) is 5.02 Å². The quantitative estimate of drug-likeness (QED) is 0.713. The van der Waals surface area contributed by atoms with Gasteiger partial charge in [0, 0.05) is 36.5 Å². The van der Waals surface area contributed by atoms with Crippen LogP contribution in [0, 0.1) is 6.92 Å². The Bertz CT molecular complexity index is 888. The first-order valence-electron chi connectivity index (χ1n) is 8.28. The Kier molecular flexibility index (Phi) is 3.88. The molecular weight excluding hydrogens is 322 g/mol. The first-order valence-corrected chi connectivity index (χ1v) is 8.66. The standard InChI is InChI=1S/C18H20ClN5/c1-12-15(19)7-5-13-6-8-16(21-17(12)13)24-9-3-4-14(10-24)18-22-20-11-23(18)2/h5-8,11,14H,3-4,9-10H2,1-2H3.